The van der Waals surface area contributed by atoms with Crippen molar-refractivity contribution in [2.75, 3.05) is 6.54 Å². The van der Waals surface area contributed by atoms with Crippen LogP contribution in [-0.2, 0) is 4.79 Å². The Morgan fingerprint density at radius 1 is 1.33 bits per heavy atom. The van der Waals surface area contributed by atoms with Gasteiger partial charge >= 0.3 is 0 Å². The number of benzene rings is 1. The zero-order valence-corrected chi connectivity index (χ0v) is 12.6. The molecular weight excluding hydrogens is 262 g/mol. The van der Waals surface area contributed by atoms with Crippen molar-refractivity contribution in [2.24, 2.45) is 16.3 Å². The van der Waals surface area contributed by atoms with Gasteiger partial charge < -0.3 is 0 Å². The van der Waals surface area contributed by atoms with Gasteiger partial charge in [0, 0.05) is 17.7 Å². The molecule has 1 unspecified atom stereocenters. The summed E-state index contributed by atoms with van der Waals surface area (Å²) in [4.78, 5) is 29.6. The first-order chi connectivity index (χ1) is 9.94. The van der Waals surface area contributed by atoms with Gasteiger partial charge in [0.1, 0.15) is 11.7 Å². The van der Waals surface area contributed by atoms with Crippen LogP contribution < -0.4 is 0 Å². The highest BCUT2D eigenvalue weighted by Gasteiger charge is 2.41. The normalized spacial score (nSPS) is 23.0. The van der Waals surface area contributed by atoms with E-state index in [1.54, 1.807) is 18.2 Å². The molecule has 3 heteroatoms. The lowest BCUT2D eigenvalue weighted by molar-refractivity contribution is -0.122. The second-order valence-electron chi connectivity index (χ2n) is 6.27. The van der Waals surface area contributed by atoms with Gasteiger partial charge in [-0.05, 0) is 11.8 Å². The van der Waals surface area contributed by atoms with Gasteiger partial charge in [0.15, 0.2) is 5.78 Å². The molecule has 0 amide bonds. The molecule has 110 valence electrons. The molecule has 0 aliphatic heterocycles. The predicted octanol–water partition coefficient (Wildman–Crippen LogP) is 3.50. The van der Waals surface area contributed by atoms with Crippen molar-refractivity contribution >= 4 is 17.3 Å². The van der Waals surface area contributed by atoms with Gasteiger partial charge in [-0.1, -0.05) is 50.3 Å². The Morgan fingerprint density at radius 2 is 2.00 bits per heavy atom. The van der Waals surface area contributed by atoms with Crippen molar-refractivity contribution in [2.45, 2.75) is 26.7 Å². The maximum absolute atomic E-state index is 12.7. The van der Waals surface area contributed by atoms with E-state index in [9.17, 15) is 9.59 Å². The van der Waals surface area contributed by atoms with Crippen molar-refractivity contribution in [3.8, 4) is 0 Å². The van der Waals surface area contributed by atoms with Gasteiger partial charge in [-0.3, -0.25) is 14.6 Å². The highest BCUT2D eigenvalue weighted by Crippen LogP contribution is 2.35. The zero-order chi connectivity index (χ0) is 15.5. The minimum atomic E-state index is -0.722. The molecule has 2 rings (SSSR count). The van der Waals surface area contributed by atoms with Crippen molar-refractivity contribution in [1.82, 2.24) is 0 Å². The van der Waals surface area contributed by atoms with Gasteiger partial charge in [-0.2, -0.15) is 0 Å². The summed E-state index contributed by atoms with van der Waals surface area (Å²) in [5.41, 5.74) is 1.14. The number of hydrogen-bond donors (Lipinski definition) is 0. The summed E-state index contributed by atoms with van der Waals surface area (Å²) < 4.78 is 0. The second kappa shape index (κ2) is 6.17. The molecule has 0 bridgehead atoms. The number of carbonyl (C=O) groups is 2. The number of ketones is 2. The van der Waals surface area contributed by atoms with Gasteiger partial charge in [0.05, 0.1) is 6.54 Å². The summed E-state index contributed by atoms with van der Waals surface area (Å²) in [6.45, 7) is 8.17. The fourth-order valence-corrected chi connectivity index (χ4v) is 2.81. The smallest absolute Gasteiger partial charge is 0.178 e. The van der Waals surface area contributed by atoms with Crippen molar-refractivity contribution < 1.29 is 9.59 Å². The number of hydrogen-bond acceptors (Lipinski definition) is 3. The molecule has 1 fully saturated rings. The standard InChI is InChI=1S/C18H21NO2/c1-4-10-19-14-11-18(2,3)12-15(20)16(14)17(21)13-8-6-5-7-9-13/h4-9,16H,1,10-12H2,2-3H3. The predicted molar refractivity (Wildman–Crippen MR) is 84.8 cm³/mol. The molecule has 1 atom stereocenters. The third-order valence-corrected chi connectivity index (χ3v) is 3.71. The van der Waals surface area contributed by atoms with E-state index in [1.807, 2.05) is 32.0 Å². The van der Waals surface area contributed by atoms with Gasteiger partial charge in [-0.15, -0.1) is 6.58 Å². The Bertz CT molecular complexity index is 584. The monoisotopic (exact) mass is 283 g/mol. The first kappa shape index (κ1) is 15.4. The molecule has 3 nitrogen and oxygen atoms in total. The first-order valence-corrected chi connectivity index (χ1v) is 7.21. The van der Waals surface area contributed by atoms with Crippen LogP contribution in [0.2, 0.25) is 0 Å². The topological polar surface area (TPSA) is 46.5 Å². The number of Topliss-reactive ketones (excluding diaryl/α,β-unsaturated/α-hetero) is 2. The summed E-state index contributed by atoms with van der Waals surface area (Å²) in [5, 5.41) is 0. The quantitative estimate of drug-likeness (QED) is 0.482. The fraction of sp³-hybridized carbons (Fsp3) is 0.389. The highest BCUT2D eigenvalue weighted by molar-refractivity contribution is 6.26. The average molecular weight is 283 g/mol. The summed E-state index contributed by atoms with van der Waals surface area (Å²) in [7, 11) is 0. The average Bonchev–Trinajstić information content (AvgIpc) is 2.44. The van der Waals surface area contributed by atoms with E-state index in [-0.39, 0.29) is 17.0 Å². The van der Waals surface area contributed by atoms with Crippen LogP contribution in [0.25, 0.3) is 0 Å². The van der Waals surface area contributed by atoms with Crippen LogP contribution in [0.4, 0.5) is 0 Å². The zero-order valence-electron chi connectivity index (χ0n) is 12.6. The molecule has 0 saturated heterocycles. The van der Waals surface area contributed by atoms with Crippen LogP contribution in [0, 0.1) is 11.3 Å². The minimum absolute atomic E-state index is 0.0251. The Balaban J connectivity index is 2.36. The van der Waals surface area contributed by atoms with E-state index < -0.39 is 5.92 Å². The lowest BCUT2D eigenvalue weighted by atomic mass is 9.69. The second-order valence-corrected chi connectivity index (χ2v) is 6.27. The number of aliphatic imine (C=N–C) groups is 1. The maximum atomic E-state index is 12.7. The molecule has 0 spiro atoms. The molecule has 1 aliphatic rings. The minimum Gasteiger partial charge on any atom is -0.298 e. The van der Waals surface area contributed by atoms with E-state index in [2.05, 4.69) is 11.6 Å². The SMILES string of the molecule is C=CCN=C1CC(C)(C)CC(=O)C1C(=O)c1ccccc1. The first-order valence-electron chi connectivity index (χ1n) is 7.21. The molecule has 1 aliphatic carbocycles. The molecule has 0 heterocycles. The van der Waals surface area contributed by atoms with E-state index >= 15 is 0 Å². The Kier molecular flexibility index (Phi) is 4.51. The molecule has 0 radical (unpaired) electrons. The Hall–Kier alpha value is -2.03. The van der Waals surface area contributed by atoms with Gasteiger partial charge in [0.2, 0.25) is 0 Å². The van der Waals surface area contributed by atoms with E-state index in [4.69, 9.17) is 0 Å². The lowest BCUT2D eigenvalue weighted by Gasteiger charge is -2.34. The van der Waals surface area contributed by atoms with Crippen LogP contribution in [-0.4, -0.2) is 23.8 Å². The van der Waals surface area contributed by atoms with Crippen LogP contribution in [0.15, 0.2) is 48.0 Å². The highest BCUT2D eigenvalue weighted by atomic mass is 16.2. The van der Waals surface area contributed by atoms with Gasteiger partial charge in [0.25, 0.3) is 0 Å². The number of rotatable bonds is 4. The van der Waals surface area contributed by atoms with Crippen LogP contribution >= 0.6 is 0 Å². The Morgan fingerprint density at radius 3 is 2.62 bits per heavy atom. The number of carbonyl (C=O) groups excluding carboxylic acids is 2. The third-order valence-electron chi connectivity index (χ3n) is 3.71. The van der Waals surface area contributed by atoms with Gasteiger partial charge in [-0.25, -0.2) is 0 Å². The molecule has 1 saturated carbocycles. The third kappa shape index (κ3) is 3.54. The summed E-state index contributed by atoms with van der Waals surface area (Å²) >= 11 is 0. The molecular formula is C18H21NO2. The molecule has 0 aromatic heterocycles. The summed E-state index contributed by atoms with van der Waals surface area (Å²) in [6.07, 6.45) is 2.78. The van der Waals surface area contributed by atoms with Crippen molar-refractivity contribution in [3.63, 3.8) is 0 Å². The van der Waals surface area contributed by atoms with E-state index in [1.165, 1.54) is 0 Å². The maximum Gasteiger partial charge on any atom is 0.178 e. The Labute approximate surface area is 125 Å². The van der Waals surface area contributed by atoms with Crippen molar-refractivity contribution in [3.05, 3.63) is 48.6 Å². The molecule has 1 aromatic rings. The number of nitrogens with zero attached hydrogens (tertiary/aromatic N) is 1. The lowest BCUT2D eigenvalue weighted by Crippen LogP contribution is -2.42. The fourth-order valence-electron chi connectivity index (χ4n) is 2.81. The van der Waals surface area contributed by atoms with Crippen LogP contribution in [0.1, 0.15) is 37.0 Å². The van der Waals surface area contributed by atoms with Crippen LogP contribution in [0.3, 0.4) is 0 Å². The van der Waals surface area contributed by atoms with E-state index in [0.29, 0.717) is 30.7 Å². The molecule has 1 aromatic carbocycles. The summed E-state index contributed by atoms with van der Waals surface area (Å²) in [5.74, 6) is -0.887. The summed E-state index contributed by atoms with van der Waals surface area (Å²) in [6, 6.07) is 8.98. The largest absolute Gasteiger partial charge is 0.298 e. The molecule has 21 heavy (non-hydrogen) atoms. The van der Waals surface area contributed by atoms with Crippen molar-refractivity contribution in [1.29, 1.82) is 0 Å². The van der Waals surface area contributed by atoms with Crippen LogP contribution in [0.5, 0.6) is 0 Å². The molecule has 0 N–H and O–H groups in total. The van der Waals surface area contributed by atoms with E-state index in [0.717, 1.165) is 0 Å².